The molecule has 1 aromatic rings. The number of halogens is 1. The number of hydrogen-bond donors (Lipinski definition) is 2. The summed E-state index contributed by atoms with van der Waals surface area (Å²) in [6.07, 6.45) is 5.62. The van der Waals surface area contributed by atoms with Crippen molar-refractivity contribution in [1.29, 1.82) is 0 Å². The van der Waals surface area contributed by atoms with E-state index in [1.54, 1.807) is 0 Å². The van der Waals surface area contributed by atoms with Crippen LogP contribution in [0.2, 0.25) is 0 Å². The standard InChI is InChI=1S/C11H10BrN3O4S/c12-9-7(14-11(20-9)13-5-16)8(10(17)18)15-19-6-3-1-2-4-6/h1-2,5-6H,3-4H2,(H,17,18)(H,13,14,16). The summed E-state index contributed by atoms with van der Waals surface area (Å²) in [7, 11) is 0. The Labute approximate surface area is 126 Å². The summed E-state index contributed by atoms with van der Waals surface area (Å²) in [4.78, 5) is 30.8. The number of carboxylic acid groups (broad SMARTS) is 1. The van der Waals surface area contributed by atoms with Crippen molar-refractivity contribution < 1.29 is 19.5 Å². The van der Waals surface area contributed by atoms with Gasteiger partial charge in [0.1, 0.15) is 15.6 Å². The number of carbonyl (C=O) groups is 2. The van der Waals surface area contributed by atoms with Gasteiger partial charge in [-0.25, -0.2) is 9.78 Å². The van der Waals surface area contributed by atoms with E-state index in [2.05, 4.69) is 31.4 Å². The molecule has 20 heavy (non-hydrogen) atoms. The molecule has 0 radical (unpaired) electrons. The van der Waals surface area contributed by atoms with Crippen LogP contribution in [0, 0.1) is 0 Å². The summed E-state index contributed by atoms with van der Waals surface area (Å²) in [5.41, 5.74) is -0.184. The Morgan fingerprint density at radius 1 is 1.60 bits per heavy atom. The second-order valence-corrected chi connectivity index (χ2v) is 6.14. The Kier molecular flexibility index (Phi) is 4.85. The SMILES string of the molecule is O=CNc1nc(C(=NOC2CC=CC2)C(=O)O)c(Br)s1. The Morgan fingerprint density at radius 2 is 2.30 bits per heavy atom. The Balaban J connectivity index is 2.21. The quantitative estimate of drug-likeness (QED) is 0.350. The molecule has 1 aromatic heterocycles. The van der Waals surface area contributed by atoms with Crippen LogP contribution in [-0.4, -0.2) is 34.3 Å². The molecular formula is C11H10BrN3O4S. The molecule has 1 heterocycles. The number of amides is 1. The molecule has 1 aliphatic carbocycles. The fourth-order valence-corrected chi connectivity index (χ4v) is 2.94. The van der Waals surface area contributed by atoms with E-state index in [1.807, 2.05) is 12.2 Å². The van der Waals surface area contributed by atoms with Gasteiger partial charge in [-0.15, -0.1) is 0 Å². The normalized spacial score (nSPS) is 15.3. The van der Waals surface area contributed by atoms with E-state index in [1.165, 1.54) is 0 Å². The summed E-state index contributed by atoms with van der Waals surface area (Å²) in [5.74, 6) is -1.25. The van der Waals surface area contributed by atoms with Gasteiger partial charge in [0.05, 0.1) is 0 Å². The van der Waals surface area contributed by atoms with Crippen molar-refractivity contribution in [2.24, 2.45) is 5.16 Å². The maximum Gasteiger partial charge on any atom is 0.360 e. The third kappa shape index (κ3) is 3.42. The summed E-state index contributed by atoms with van der Waals surface area (Å²) in [6, 6.07) is 0. The lowest BCUT2D eigenvalue weighted by Gasteiger charge is -2.07. The zero-order valence-corrected chi connectivity index (χ0v) is 12.5. The Bertz CT molecular complexity index is 576. The number of aromatic nitrogens is 1. The predicted molar refractivity (Wildman–Crippen MR) is 76.9 cm³/mol. The number of thiazole rings is 1. The van der Waals surface area contributed by atoms with E-state index >= 15 is 0 Å². The van der Waals surface area contributed by atoms with Crippen molar-refractivity contribution in [3.63, 3.8) is 0 Å². The summed E-state index contributed by atoms with van der Waals surface area (Å²) < 4.78 is 0.455. The lowest BCUT2D eigenvalue weighted by Crippen LogP contribution is -2.18. The molecule has 1 amide bonds. The molecule has 0 fully saturated rings. The molecule has 0 unspecified atom stereocenters. The van der Waals surface area contributed by atoms with E-state index in [0.29, 0.717) is 23.0 Å². The minimum atomic E-state index is -1.25. The van der Waals surface area contributed by atoms with Crippen LogP contribution in [-0.2, 0) is 14.4 Å². The first-order chi connectivity index (χ1) is 9.61. The molecular weight excluding hydrogens is 350 g/mol. The van der Waals surface area contributed by atoms with Crippen LogP contribution < -0.4 is 5.32 Å². The lowest BCUT2D eigenvalue weighted by atomic mass is 10.3. The minimum absolute atomic E-state index is 0.123. The third-order valence-electron chi connectivity index (χ3n) is 2.45. The molecule has 0 spiro atoms. The van der Waals surface area contributed by atoms with Crippen LogP contribution in [0.4, 0.5) is 5.13 Å². The number of hydrogen-bond acceptors (Lipinski definition) is 6. The third-order valence-corrected chi connectivity index (χ3v) is 4.09. The molecule has 7 nitrogen and oxygen atoms in total. The first-order valence-corrected chi connectivity index (χ1v) is 7.21. The van der Waals surface area contributed by atoms with Gasteiger partial charge in [-0.3, -0.25) is 4.79 Å². The Hall–Kier alpha value is -1.74. The van der Waals surface area contributed by atoms with Crippen LogP contribution in [0.3, 0.4) is 0 Å². The van der Waals surface area contributed by atoms with Crippen LogP contribution in [0.5, 0.6) is 0 Å². The van der Waals surface area contributed by atoms with Gasteiger partial charge in [-0.05, 0) is 15.9 Å². The van der Waals surface area contributed by atoms with Gasteiger partial charge in [0.25, 0.3) is 0 Å². The molecule has 0 atom stereocenters. The van der Waals surface area contributed by atoms with Crippen molar-refractivity contribution in [3.05, 3.63) is 21.6 Å². The van der Waals surface area contributed by atoms with E-state index in [9.17, 15) is 14.7 Å². The maximum atomic E-state index is 11.3. The molecule has 0 bridgehead atoms. The van der Waals surface area contributed by atoms with Crippen LogP contribution in [0.1, 0.15) is 18.5 Å². The highest BCUT2D eigenvalue weighted by atomic mass is 79.9. The highest BCUT2D eigenvalue weighted by molar-refractivity contribution is 9.11. The number of carbonyl (C=O) groups excluding carboxylic acids is 1. The Morgan fingerprint density at radius 3 is 2.90 bits per heavy atom. The monoisotopic (exact) mass is 359 g/mol. The molecule has 2 rings (SSSR count). The number of nitrogens with zero attached hydrogens (tertiary/aromatic N) is 2. The van der Waals surface area contributed by atoms with Gasteiger partial charge in [-0.1, -0.05) is 28.6 Å². The summed E-state index contributed by atoms with van der Waals surface area (Å²) >= 11 is 4.29. The second-order valence-electron chi connectivity index (χ2n) is 3.82. The molecule has 1 aliphatic rings. The van der Waals surface area contributed by atoms with Gasteiger partial charge < -0.3 is 15.3 Å². The fraction of sp³-hybridized carbons (Fsp3) is 0.273. The first-order valence-electron chi connectivity index (χ1n) is 5.60. The lowest BCUT2D eigenvalue weighted by molar-refractivity contribution is -0.129. The van der Waals surface area contributed by atoms with Crippen molar-refractivity contribution >= 4 is 50.5 Å². The van der Waals surface area contributed by atoms with Crippen molar-refractivity contribution in [1.82, 2.24) is 4.98 Å². The summed E-state index contributed by atoms with van der Waals surface area (Å²) in [6.45, 7) is 0. The molecule has 0 aromatic carbocycles. The number of rotatable bonds is 6. The van der Waals surface area contributed by atoms with Gasteiger partial charge in [0.15, 0.2) is 5.13 Å². The second kappa shape index (κ2) is 6.62. The van der Waals surface area contributed by atoms with E-state index in [4.69, 9.17) is 4.84 Å². The summed E-state index contributed by atoms with van der Waals surface area (Å²) in [5, 5.41) is 15.5. The molecule has 2 N–H and O–H groups in total. The predicted octanol–water partition coefficient (Wildman–Crippen LogP) is 2.00. The average molecular weight is 360 g/mol. The molecule has 9 heteroatoms. The van der Waals surface area contributed by atoms with Gasteiger partial charge in [-0.2, -0.15) is 0 Å². The molecule has 0 saturated heterocycles. The van der Waals surface area contributed by atoms with Gasteiger partial charge >= 0.3 is 5.97 Å². The molecule has 0 aliphatic heterocycles. The van der Waals surface area contributed by atoms with E-state index in [-0.39, 0.29) is 22.6 Å². The van der Waals surface area contributed by atoms with Crippen molar-refractivity contribution in [2.75, 3.05) is 5.32 Å². The van der Waals surface area contributed by atoms with Crippen LogP contribution >= 0.6 is 27.3 Å². The van der Waals surface area contributed by atoms with Crippen LogP contribution in [0.15, 0.2) is 21.1 Å². The first kappa shape index (κ1) is 14.7. The number of oxime groups is 1. The fourth-order valence-electron chi connectivity index (χ4n) is 1.55. The minimum Gasteiger partial charge on any atom is -0.476 e. The maximum absolute atomic E-state index is 11.3. The number of anilines is 1. The van der Waals surface area contributed by atoms with E-state index in [0.717, 1.165) is 11.3 Å². The number of aliphatic carboxylic acids is 1. The topological polar surface area (TPSA) is 101 Å². The van der Waals surface area contributed by atoms with Gasteiger partial charge in [0.2, 0.25) is 12.1 Å². The molecule has 0 saturated carbocycles. The van der Waals surface area contributed by atoms with Crippen molar-refractivity contribution in [3.8, 4) is 0 Å². The zero-order valence-electron chi connectivity index (χ0n) is 10.1. The molecule has 106 valence electrons. The van der Waals surface area contributed by atoms with E-state index < -0.39 is 5.97 Å². The largest absolute Gasteiger partial charge is 0.476 e. The number of carboxylic acids is 1. The average Bonchev–Trinajstić information content (AvgIpc) is 3.01. The highest BCUT2D eigenvalue weighted by Crippen LogP contribution is 2.29. The van der Waals surface area contributed by atoms with Crippen LogP contribution in [0.25, 0.3) is 0 Å². The van der Waals surface area contributed by atoms with Gasteiger partial charge in [0, 0.05) is 12.8 Å². The van der Waals surface area contributed by atoms with Crippen molar-refractivity contribution in [2.45, 2.75) is 18.9 Å². The number of nitrogens with one attached hydrogen (secondary N) is 1. The zero-order chi connectivity index (χ0) is 14.5. The smallest absolute Gasteiger partial charge is 0.360 e. The highest BCUT2D eigenvalue weighted by Gasteiger charge is 2.23.